The van der Waals surface area contributed by atoms with Crippen molar-refractivity contribution >= 4 is 22.5 Å². The number of phosphoric ester groups is 1. The molecule has 0 saturated heterocycles. The van der Waals surface area contributed by atoms with Gasteiger partial charge >= 0.3 is 16.6 Å². The fourth-order valence-corrected chi connectivity index (χ4v) is 3.34. The molecule has 0 spiro atoms. The van der Waals surface area contributed by atoms with Gasteiger partial charge in [-0.1, -0.05) is 0 Å². The second-order valence-electron chi connectivity index (χ2n) is 5.36. The van der Waals surface area contributed by atoms with Crippen LogP contribution in [0.4, 0.5) is 0 Å². The van der Waals surface area contributed by atoms with Crippen molar-refractivity contribution in [2.75, 3.05) is 62.0 Å². The lowest BCUT2D eigenvalue weighted by atomic mass is 10.7. The van der Waals surface area contributed by atoms with Crippen LogP contribution < -0.4 is 5.32 Å². The Morgan fingerprint density at radius 3 is 2.05 bits per heavy atom. The van der Waals surface area contributed by atoms with Crippen molar-refractivity contribution in [2.45, 2.75) is 0 Å². The van der Waals surface area contributed by atoms with Gasteiger partial charge in [0, 0.05) is 21.3 Å². The second-order valence-corrected chi connectivity index (χ2v) is 9.76. The fourth-order valence-electron chi connectivity index (χ4n) is 1.15. The summed E-state index contributed by atoms with van der Waals surface area (Å²) in [4.78, 5) is 21.1. The third-order valence-corrected chi connectivity index (χ3v) is 5.78. The maximum Gasteiger partial charge on any atom is 0.520 e. The average Bonchev–Trinajstić information content (AvgIpc) is 2.45. The van der Waals surface area contributed by atoms with Gasteiger partial charge in [-0.05, 0) is 0 Å². The van der Waals surface area contributed by atoms with Crippen molar-refractivity contribution in [2.24, 2.45) is 0 Å². The number of quaternary nitrogens is 1. The summed E-state index contributed by atoms with van der Waals surface area (Å²) >= 11 is 0. The Bertz CT molecular complexity index is 391. The SMILES string of the molecule is CO[Si](CNC(=O)COP(=O)(O)OC[N+](C)(C)C)(OC)OC. The molecule has 1 unspecified atom stereocenters. The molecule has 132 valence electrons. The zero-order valence-corrected chi connectivity index (χ0v) is 15.7. The molecule has 0 aromatic rings. The van der Waals surface area contributed by atoms with Crippen LogP contribution in [0, 0.1) is 0 Å². The van der Waals surface area contributed by atoms with E-state index in [0.717, 1.165) is 0 Å². The van der Waals surface area contributed by atoms with Crippen LogP contribution in [0.3, 0.4) is 0 Å². The number of carbonyl (C=O) groups excluding carboxylic acids is 1. The van der Waals surface area contributed by atoms with Gasteiger partial charge in [-0.15, -0.1) is 0 Å². The van der Waals surface area contributed by atoms with Crippen LogP contribution >= 0.6 is 7.82 Å². The topological polar surface area (TPSA) is 113 Å². The van der Waals surface area contributed by atoms with E-state index in [0.29, 0.717) is 4.48 Å². The highest BCUT2D eigenvalue weighted by Gasteiger charge is 2.38. The van der Waals surface area contributed by atoms with Gasteiger partial charge in [0.25, 0.3) is 0 Å². The van der Waals surface area contributed by atoms with Gasteiger partial charge in [-0.25, -0.2) is 9.09 Å². The number of hydrogen-bond donors (Lipinski definition) is 2. The van der Waals surface area contributed by atoms with E-state index < -0.39 is 29.1 Å². The lowest BCUT2D eigenvalue weighted by Gasteiger charge is -2.25. The standard InChI is InChI=1S/C10H25N2O8PSi/c1-12(2,3)9-20-21(14,15)19-7-10(13)11-8-22(16-4,17-5)18-6/h7-9H2,1-6H3,(H-,11,13,14,15)/p+1. The van der Waals surface area contributed by atoms with E-state index in [1.54, 1.807) is 21.1 Å². The molecule has 0 aliphatic rings. The highest BCUT2D eigenvalue weighted by molar-refractivity contribution is 7.47. The van der Waals surface area contributed by atoms with Gasteiger partial charge < -0.3 is 28.0 Å². The average molecular weight is 361 g/mol. The van der Waals surface area contributed by atoms with Crippen LogP contribution in [-0.2, 0) is 31.7 Å². The smallest absolute Gasteiger partial charge is 0.376 e. The molecule has 0 saturated carbocycles. The third-order valence-electron chi connectivity index (χ3n) is 2.40. The summed E-state index contributed by atoms with van der Waals surface area (Å²) in [5.41, 5.74) is 0. The molecule has 0 fully saturated rings. The first-order valence-corrected chi connectivity index (χ1v) is 9.76. The monoisotopic (exact) mass is 361 g/mol. The third kappa shape index (κ3) is 8.93. The van der Waals surface area contributed by atoms with Crippen LogP contribution in [0.5, 0.6) is 0 Å². The first-order valence-electron chi connectivity index (χ1n) is 6.33. The lowest BCUT2D eigenvalue weighted by molar-refractivity contribution is -0.887. The summed E-state index contributed by atoms with van der Waals surface area (Å²) in [5.74, 6) is -0.619. The van der Waals surface area contributed by atoms with E-state index in [4.69, 9.17) is 17.8 Å². The Labute approximate surface area is 131 Å². The summed E-state index contributed by atoms with van der Waals surface area (Å²) in [7, 11) is 2.31. The van der Waals surface area contributed by atoms with Gasteiger partial charge in [0.2, 0.25) is 5.91 Å². The van der Waals surface area contributed by atoms with Crippen molar-refractivity contribution in [3.63, 3.8) is 0 Å². The molecule has 1 amide bonds. The second kappa shape index (κ2) is 9.06. The van der Waals surface area contributed by atoms with Crippen LogP contribution in [0.25, 0.3) is 0 Å². The number of nitrogens with one attached hydrogen (secondary N) is 1. The zero-order valence-electron chi connectivity index (χ0n) is 13.8. The number of hydrogen-bond acceptors (Lipinski definition) is 7. The van der Waals surface area contributed by atoms with Gasteiger partial charge in [-0.3, -0.25) is 9.32 Å². The van der Waals surface area contributed by atoms with Crippen molar-refractivity contribution in [3.05, 3.63) is 0 Å². The van der Waals surface area contributed by atoms with Gasteiger partial charge in [0.15, 0.2) is 6.73 Å². The summed E-state index contributed by atoms with van der Waals surface area (Å²) in [6.07, 6.45) is 0.00810. The first kappa shape index (κ1) is 21.6. The molecular formula is C10H26N2O8PSi+. The molecule has 0 bridgehead atoms. The summed E-state index contributed by atoms with van der Waals surface area (Å²) in [6.45, 7) is -0.672. The summed E-state index contributed by atoms with van der Waals surface area (Å²) in [6, 6.07) is 0. The van der Waals surface area contributed by atoms with E-state index in [9.17, 15) is 14.3 Å². The molecule has 12 heteroatoms. The Morgan fingerprint density at radius 1 is 1.14 bits per heavy atom. The molecule has 1 atom stereocenters. The molecule has 0 radical (unpaired) electrons. The minimum atomic E-state index is -4.29. The van der Waals surface area contributed by atoms with Gasteiger partial charge in [0.1, 0.15) is 6.61 Å². The predicted molar refractivity (Wildman–Crippen MR) is 79.6 cm³/mol. The van der Waals surface area contributed by atoms with Crippen LogP contribution in [-0.4, -0.2) is 86.1 Å². The van der Waals surface area contributed by atoms with E-state index in [1.165, 1.54) is 21.3 Å². The predicted octanol–water partition coefficient (Wildman–Crippen LogP) is -0.683. The summed E-state index contributed by atoms with van der Waals surface area (Å²) in [5, 5.41) is 2.45. The molecule has 0 heterocycles. The molecule has 0 aliphatic heterocycles. The number of rotatable bonds is 11. The normalized spacial score (nSPS) is 15.4. The van der Waals surface area contributed by atoms with E-state index in [1.807, 2.05) is 0 Å². The Morgan fingerprint density at radius 2 is 1.64 bits per heavy atom. The molecule has 0 aliphatic carbocycles. The minimum absolute atomic E-state index is 0.00810. The Balaban J connectivity index is 4.25. The zero-order chi connectivity index (χ0) is 17.4. The summed E-state index contributed by atoms with van der Waals surface area (Å²) < 4.78 is 36.6. The quantitative estimate of drug-likeness (QED) is 0.215. The Kier molecular flexibility index (Phi) is 8.91. The molecule has 22 heavy (non-hydrogen) atoms. The van der Waals surface area contributed by atoms with Crippen molar-refractivity contribution in [3.8, 4) is 0 Å². The number of nitrogens with zero attached hydrogens (tertiary/aromatic N) is 1. The van der Waals surface area contributed by atoms with E-state index in [2.05, 4.69) is 9.84 Å². The number of phosphoric acid groups is 1. The minimum Gasteiger partial charge on any atom is -0.376 e. The van der Waals surface area contributed by atoms with Crippen molar-refractivity contribution < 1.29 is 41.1 Å². The maximum atomic E-state index is 11.6. The molecule has 2 N–H and O–H groups in total. The van der Waals surface area contributed by atoms with Crippen LogP contribution in [0.1, 0.15) is 0 Å². The first-order chi connectivity index (χ1) is 9.99. The fraction of sp³-hybridized carbons (Fsp3) is 0.900. The molecule has 0 rings (SSSR count). The highest BCUT2D eigenvalue weighted by atomic mass is 31.2. The van der Waals surface area contributed by atoms with Crippen molar-refractivity contribution in [1.82, 2.24) is 5.32 Å². The van der Waals surface area contributed by atoms with E-state index >= 15 is 0 Å². The largest absolute Gasteiger partial charge is 0.520 e. The van der Waals surface area contributed by atoms with Crippen LogP contribution in [0.2, 0.25) is 0 Å². The Hall–Kier alpha value is -0.363. The molecular weight excluding hydrogens is 335 g/mol. The van der Waals surface area contributed by atoms with Crippen molar-refractivity contribution in [1.29, 1.82) is 0 Å². The van der Waals surface area contributed by atoms with Gasteiger partial charge in [-0.2, -0.15) is 0 Å². The number of amides is 1. The highest BCUT2D eigenvalue weighted by Crippen LogP contribution is 2.43. The molecule has 0 aromatic heterocycles. The van der Waals surface area contributed by atoms with Gasteiger partial charge in [0.05, 0.1) is 27.3 Å². The van der Waals surface area contributed by atoms with E-state index in [-0.39, 0.29) is 12.9 Å². The molecule has 10 nitrogen and oxygen atoms in total. The maximum absolute atomic E-state index is 11.6. The number of carbonyl (C=O) groups is 1. The lowest BCUT2D eigenvalue weighted by Crippen LogP contribution is -2.53. The van der Waals surface area contributed by atoms with Crippen LogP contribution in [0.15, 0.2) is 0 Å². The molecule has 0 aromatic carbocycles.